The van der Waals surface area contributed by atoms with Crippen molar-refractivity contribution in [3.63, 3.8) is 0 Å². The van der Waals surface area contributed by atoms with Crippen molar-refractivity contribution < 1.29 is 19.8 Å². The zero-order valence-corrected chi connectivity index (χ0v) is 10.2. The number of rotatable bonds is 2. The molecule has 18 heavy (non-hydrogen) atoms. The summed E-state index contributed by atoms with van der Waals surface area (Å²) >= 11 is 0. The van der Waals surface area contributed by atoms with Crippen LogP contribution in [-0.4, -0.2) is 44.3 Å². The standard InChI is InChI=1S/C9H13N3O.C2H4O3/c1-7(13)11-8-2-4-12-5-3-10-9(12)6-8;3-1-2(4)5/h3,5,8H,2,4,6H2,1H3,(H,11,13);3H,1H2,(H,4,5)/t8-;/m1./s1. The molecule has 1 aliphatic rings. The summed E-state index contributed by atoms with van der Waals surface area (Å²) in [6, 6.07) is 0.271. The number of carbonyl (C=O) groups excluding carboxylic acids is 1. The zero-order chi connectivity index (χ0) is 13.5. The smallest absolute Gasteiger partial charge is 0.329 e. The highest BCUT2D eigenvalue weighted by molar-refractivity contribution is 5.73. The summed E-state index contributed by atoms with van der Waals surface area (Å²) in [7, 11) is 0. The van der Waals surface area contributed by atoms with E-state index in [0.717, 1.165) is 25.2 Å². The van der Waals surface area contributed by atoms with Crippen molar-refractivity contribution in [3.8, 4) is 0 Å². The van der Waals surface area contributed by atoms with Crippen LogP contribution in [0.25, 0.3) is 0 Å². The fraction of sp³-hybridized carbons (Fsp3) is 0.545. The van der Waals surface area contributed by atoms with Gasteiger partial charge in [0, 0.05) is 38.3 Å². The summed E-state index contributed by atoms with van der Waals surface area (Å²) in [4.78, 5) is 24.2. The fourth-order valence-electron chi connectivity index (χ4n) is 1.76. The Morgan fingerprint density at radius 2 is 2.28 bits per heavy atom. The Labute approximate surface area is 104 Å². The molecule has 1 aromatic heterocycles. The highest BCUT2D eigenvalue weighted by atomic mass is 16.4. The van der Waals surface area contributed by atoms with E-state index in [4.69, 9.17) is 15.0 Å². The number of fused-ring (bicyclic) bond motifs is 1. The number of hydrogen-bond donors (Lipinski definition) is 3. The number of carbonyl (C=O) groups is 2. The van der Waals surface area contributed by atoms with Crippen molar-refractivity contribution in [2.75, 3.05) is 6.61 Å². The first-order chi connectivity index (χ1) is 8.52. The molecule has 0 aromatic carbocycles. The van der Waals surface area contributed by atoms with E-state index >= 15 is 0 Å². The third-order valence-electron chi connectivity index (χ3n) is 2.49. The Balaban J connectivity index is 0.000000280. The lowest BCUT2D eigenvalue weighted by Crippen LogP contribution is -2.38. The third kappa shape index (κ3) is 4.54. The predicted molar refractivity (Wildman–Crippen MR) is 62.9 cm³/mol. The number of hydrogen-bond acceptors (Lipinski definition) is 4. The van der Waals surface area contributed by atoms with Crippen LogP contribution in [0.2, 0.25) is 0 Å². The number of aliphatic hydroxyl groups excluding tert-OH is 1. The maximum absolute atomic E-state index is 10.8. The summed E-state index contributed by atoms with van der Waals surface area (Å²) in [5.41, 5.74) is 0. The minimum atomic E-state index is -1.19. The number of carboxylic acids is 1. The van der Waals surface area contributed by atoms with Gasteiger partial charge in [-0.3, -0.25) is 4.79 Å². The van der Waals surface area contributed by atoms with Crippen molar-refractivity contribution in [1.82, 2.24) is 14.9 Å². The quantitative estimate of drug-likeness (QED) is 0.654. The van der Waals surface area contributed by atoms with Gasteiger partial charge >= 0.3 is 5.97 Å². The molecule has 1 amide bonds. The van der Waals surface area contributed by atoms with Crippen molar-refractivity contribution >= 4 is 11.9 Å². The zero-order valence-electron chi connectivity index (χ0n) is 10.2. The highest BCUT2D eigenvalue weighted by Gasteiger charge is 2.19. The molecule has 1 aromatic rings. The van der Waals surface area contributed by atoms with Gasteiger partial charge in [0.05, 0.1) is 0 Å². The highest BCUT2D eigenvalue weighted by Crippen LogP contribution is 2.12. The summed E-state index contributed by atoms with van der Waals surface area (Å²) in [6.45, 7) is 1.74. The maximum Gasteiger partial charge on any atom is 0.329 e. The van der Waals surface area contributed by atoms with Crippen LogP contribution in [0.3, 0.4) is 0 Å². The van der Waals surface area contributed by atoms with Crippen molar-refractivity contribution in [2.45, 2.75) is 32.4 Å². The molecule has 0 saturated carbocycles. The molecule has 2 heterocycles. The molecule has 1 atom stereocenters. The van der Waals surface area contributed by atoms with Crippen LogP contribution < -0.4 is 5.32 Å². The number of imidazole rings is 1. The van der Waals surface area contributed by atoms with Crippen LogP contribution in [0.15, 0.2) is 12.4 Å². The number of aliphatic hydroxyl groups is 1. The molecule has 3 N–H and O–H groups in total. The van der Waals surface area contributed by atoms with E-state index in [9.17, 15) is 4.79 Å². The van der Waals surface area contributed by atoms with Crippen LogP contribution in [0, 0.1) is 0 Å². The van der Waals surface area contributed by atoms with Gasteiger partial charge in [-0.15, -0.1) is 0 Å². The molecule has 0 aliphatic carbocycles. The molecular weight excluding hydrogens is 238 g/mol. The lowest BCUT2D eigenvalue weighted by atomic mass is 10.1. The number of aliphatic carboxylic acids is 1. The minimum Gasteiger partial charge on any atom is -0.480 e. The molecule has 0 radical (unpaired) electrons. The molecule has 1 aliphatic heterocycles. The molecule has 0 spiro atoms. The molecule has 0 bridgehead atoms. The van der Waals surface area contributed by atoms with E-state index in [1.165, 1.54) is 0 Å². The monoisotopic (exact) mass is 255 g/mol. The summed E-state index contributed by atoms with van der Waals surface area (Å²) in [5, 5.41) is 17.9. The van der Waals surface area contributed by atoms with Crippen LogP contribution in [0.4, 0.5) is 0 Å². The lowest BCUT2D eigenvalue weighted by Gasteiger charge is -2.23. The van der Waals surface area contributed by atoms with Crippen LogP contribution in [0.1, 0.15) is 19.2 Å². The Morgan fingerprint density at radius 1 is 1.61 bits per heavy atom. The van der Waals surface area contributed by atoms with Gasteiger partial charge in [-0.2, -0.15) is 0 Å². The van der Waals surface area contributed by atoms with Crippen LogP contribution >= 0.6 is 0 Å². The van der Waals surface area contributed by atoms with Crippen molar-refractivity contribution in [3.05, 3.63) is 18.2 Å². The molecule has 7 heteroatoms. The third-order valence-corrected chi connectivity index (χ3v) is 2.49. The largest absolute Gasteiger partial charge is 0.480 e. The second-order valence-corrected chi connectivity index (χ2v) is 3.98. The minimum absolute atomic E-state index is 0.0463. The summed E-state index contributed by atoms with van der Waals surface area (Å²) in [5.74, 6) is -0.0694. The second kappa shape index (κ2) is 6.75. The molecule has 0 fully saturated rings. The van der Waals surface area contributed by atoms with Gasteiger partial charge in [0.25, 0.3) is 0 Å². The molecular formula is C11H17N3O4. The molecule has 0 unspecified atom stereocenters. The molecule has 100 valence electrons. The van der Waals surface area contributed by atoms with Crippen LogP contribution in [-0.2, 0) is 22.6 Å². The number of aryl methyl sites for hydroxylation is 1. The normalized spacial score (nSPS) is 17.1. The number of carboxylic acid groups (broad SMARTS) is 1. The first-order valence-corrected chi connectivity index (χ1v) is 5.62. The molecule has 7 nitrogen and oxygen atoms in total. The van der Waals surface area contributed by atoms with E-state index in [1.807, 2.05) is 12.4 Å². The fourth-order valence-corrected chi connectivity index (χ4v) is 1.76. The van der Waals surface area contributed by atoms with Gasteiger partial charge in [-0.1, -0.05) is 0 Å². The summed E-state index contributed by atoms with van der Waals surface area (Å²) < 4.78 is 2.14. The van der Waals surface area contributed by atoms with Crippen molar-refractivity contribution in [2.24, 2.45) is 0 Å². The summed E-state index contributed by atoms with van der Waals surface area (Å²) in [6.07, 6.45) is 5.65. The predicted octanol–water partition coefficient (Wildman–Crippen LogP) is -0.603. The second-order valence-electron chi connectivity index (χ2n) is 3.98. The van der Waals surface area contributed by atoms with Gasteiger partial charge in [-0.05, 0) is 6.42 Å². The topological polar surface area (TPSA) is 104 Å². The first-order valence-electron chi connectivity index (χ1n) is 5.62. The number of amides is 1. The van der Waals surface area contributed by atoms with E-state index in [1.54, 1.807) is 6.92 Å². The Kier molecular flexibility index (Phi) is 5.31. The van der Waals surface area contributed by atoms with Gasteiger partial charge in [-0.25, -0.2) is 9.78 Å². The van der Waals surface area contributed by atoms with E-state index in [2.05, 4.69) is 14.9 Å². The van der Waals surface area contributed by atoms with Gasteiger partial charge < -0.3 is 20.1 Å². The number of aromatic nitrogens is 2. The van der Waals surface area contributed by atoms with E-state index in [-0.39, 0.29) is 11.9 Å². The van der Waals surface area contributed by atoms with Crippen LogP contribution in [0.5, 0.6) is 0 Å². The average Bonchev–Trinajstić information content (AvgIpc) is 2.76. The maximum atomic E-state index is 10.8. The average molecular weight is 255 g/mol. The van der Waals surface area contributed by atoms with E-state index < -0.39 is 12.6 Å². The first kappa shape index (κ1) is 14.2. The van der Waals surface area contributed by atoms with Gasteiger partial charge in [0.15, 0.2) is 0 Å². The van der Waals surface area contributed by atoms with Gasteiger partial charge in [0.2, 0.25) is 5.91 Å². The number of nitrogens with zero attached hydrogens (tertiary/aromatic N) is 2. The Morgan fingerprint density at radius 3 is 2.83 bits per heavy atom. The van der Waals surface area contributed by atoms with E-state index in [0.29, 0.717) is 0 Å². The molecule has 0 saturated heterocycles. The Bertz CT molecular complexity index is 416. The lowest BCUT2D eigenvalue weighted by molar-refractivity contribution is -0.140. The SMILES string of the molecule is CC(=O)N[C@@H]1CCn2ccnc2C1.O=C(O)CO. The van der Waals surface area contributed by atoms with Crippen molar-refractivity contribution in [1.29, 1.82) is 0 Å². The number of nitrogens with one attached hydrogen (secondary N) is 1. The Hall–Kier alpha value is -1.89. The van der Waals surface area contributed by atoms with Gasteiger partial charge in [0.1, 0.15) is 12.4 Å². The molecule has 2 rings (SSSR count).